The summed E-state index contributed by atoms with van der Waals surface area (Å²) in [6, 6.07) is 16.8. The highest BCUT2D eigenvalue weighted by molar-refractivity contribution is 5.94. The molecule has 1 aromatic heterocycles. The highest BCUT2D eigenvalue weighted by Gasteiger charge is 2.30. The average molecular weight is 277 g/mol. The molecule has 0 bridgehead atoms. The van der Waals surface area contributed by atoms with Crippen LogP contribution in [0.1, 0.15) is 27.7 Å². The summed E-state index contributed by atoms with van der Waals surface area (Å²) in [4.78, 5) is 12.4. The molecule has 5 heteroatoms. The smallest absolute Gasteiger partial charge is 0.341 e. The van der Waals surface area contributed by atoms with Gasteiger partial charge in [-0.05, 0) is 17.7 Å². The van der Waals surface area contributed by atoms with Crippen molar-refractivity contribution in [3.05, 3.63) is 77.6 Å². The number of ether oxygens (including phenoxy) is 1. The van der Waals surface area contributed by atoms with Gasteiger partial charge in [-0.15, -0.1) is 5.10 Å². The number of esters is 1. The molecule has 1 aliphatic rings. The Kier molecular flexibility index (Phi) is 2.57. The number of hydrogen-bond acceptors (Lipinski definition) is 4. The molecule has 2 aromatic carbocycles. The quantitative estimate of drug-likeness (QED) is 0.641. The van der Waals surface area contributed by atoms with Gasteiger partial charge in [-0.2, -0.15) is 0 Å². The van der Waals surface area contributed by atoms with Gasteiger partial charge in [0, 0.05) is 0 Å². The number of carbonyl (C=O) groups excluding carboxylic acids is 1. The number of benzene rings is 2. The van der Waals surface area contributed by atoms with Crippen LogP contribution in [0.2, 0.25) is 0 Å². The maximum atomic E-state index is 12.4. The van der Waals surface area contributed by atoms with Crippen LogP contribution in [0.4, 0.5) is 0 Å². The van der Waals surface area contributed by atoms with Crippen LogP contribution in [0.3, 0.4) is 0 Å². The van der Waals surface area contributed by atoms with Crippen LogP contribution in [-0.4, -0.2) is 21.0 Å². The zero-order valence-electron chi connectivity index (χ0n) is 11.0. The van der Waals surface area contributed by atoms with Gasteiger partial charge < -0.3 is 4.74 Å². The maximum absolute atomic E-state index is 12.4. The van der Waals surface area contributed by atoms with Crippen molar-refractivity contribution in [1.29, 1.82) is 0 Å². The van der Waals surface area contributed by atoms with E-state index in [-0.39, 0.29) is 5.97 Å². The lowest BCUT2D eigenvalue weighted by Crippen LogP contribution is -2.11. The molecular weight excluding hydrogens is 266 g/mol. The van der Waals surface area contributed by atoms with E-state index < -0.39 is 6.10 Å². The zero-order valence-corrected chi connectivity index (χ0v) is 11.0. The lowest BCUT2D eigenvalue weighted by atomic mass is 10.1. The van der Waals surface area contributed by atoms with Crippen LogP contribution >= 0.6 is 0 Å². The molecule has 5 nitrogen and oxygen atoms in total. The second kappa shape index (κ2) is 4.56. The minimum Gasteiger partial charge on any atom is -0.447 e. The molecule has 0 N–H and O–H groups in total. The predicted molar refractivity (Wildman–Crippen MR) is 75.1 cm³/mol. The highest BCUT2D eigenvalue weighted by atomic mass is 16.5. The van der Waals surface area contributed by atoms with Crippen molar-refractivity contribution in [2.75, 3.05) is 0 Å². The fraction of sp³-hybridized carbons (Fsp3) is 0.0625. The summed E-state index contributed by atoms with van der Waals surface area (Å²) in [7, 11) is 0. The van der Waals surface area contributed by atoms with E-state index in [4.69, 9.17) is 4.74 Å². The average Bonchev–Trinajstić information content (AvgIpc) is 2.98. The SMILES string of the molecule is O=C1OC(c2ccccc2)c2cnnn2-c2ccccc21. The third-order valence-electron chi connectivity index (χ3n) is 3.52. The summed E-state index contributed by atoms with van der Waals surface area (Å²) in [5.41, 5.74) is 2.80. The molecule has 1 aliphatic heterocycles. The summed E-state index contributed by atoms with van der Waals surface area (Å²) < 4.78 is 7.33. The molecular formula is C16H11N3O2. The Morgan fingerprint density at radius 3 is 2.62 bits per heavy atom. The van der Waals surface area contributed by atoms with Gasteiger partial charge in [0.15, 0.2) is 6.10 Å². The van der Waals surface area contributed by atoms with Gasteiger partial charge in [0.25, 0.3) is 0 Å². The van der Waals surface area contributed by atoms with Gasteiger partial charge in [0.05, 0.1) is 17.4 Å². The largest absolute Gasteiger partial charge is 0.447 e. The number of carbonyl (C=O) groups is 1. The van der Waals surface area contributed by atoms with E-state index in [0.717, 1.165) is 11.3 Å². The normalized spacial score (nSPS) is 16.6. The Balaban J connectivity index is 1.94. The van der Waals surface area contributed by atoms with Crippen molar-refractivity contribution in [2.45, 2.75) is 6.10 Å². The third-order valence-corrected chi connectivity index (χ3v) is 3.52. The number of aromatic nitrogens is 3. The molecule has 3 aromatic rings. The van der Waals surface area contributed by atoms with E-state index in [1.165, 1.54) is 0 Å². The number of cyclic esters (lactones) is 1. The monoisotopic (exact) mass is 277 g/mol. The molecule has 1 unspecified atom stereocenters. The predicted octanol–water partition coefficient (Wildman–Crippen LogP) is 2.53. The molecule has 0 amide bonds. The third kappa shape index (κ3) is 1.82. The first-order valence-corrected chi connectivity index (χ1v) is 6.60. The van der Waals surface area contributed by atoms with Crippen molar-refractivity contribution >= 4 is 5.97 Å². The number of fused-ring (bicyclic) bond motifs is 3. The van der Waals surface area contributed by atoms with Crippen molar-refractivity contribution in [1.82, 2.24) is 15.0 Å². The van der Waals surface area contributed by atoms with Gasteiger partial charge in [0.2, 0.25) is 0 Å². The van der Waals surface area contributed by atoms with Gasteiger partial charge in [0.1, 0.15) is 5.69 Å². The topological polar surface area (TPSA) is 57.0 Å². The Labute approximate surface area is 120 Å². The summed E-state index contributed by atoms with van der Waals surface area (Å²) in [6.07, 6.45) is 1.12. The second-order valence-electron chi connectivity index (χ2n) is 4.78. The molecule has 0 fully saturated rings. The van der Waals surface area contributed by atoms with Crippen LogP contribution < -0.4 is 0 Å². The highest BCUT2D eigenvalue weighted by Crippen LogP contribution is 2.32. The molecule has 0 spiro atoms. The first-order chi connectivity index (χ1) is 10.3. The molecule has 2 heterocycles. The summed E-state index contributed by atoms with van der Waals surface area (Å²) in [5, 5.41) is 8.07. The first kappa shape index (κ1) is 11.8. The number of rotatable bonds is 1. The second-order valence-corrected chi connectivity index (χ2v) is 4.78. The Hall–Kier alpha value is -2.95. The lowest BCUT2D eigenvalue weighted by Gasteiger charge is -2.15. The van der Waals surface area contributed by atoms with E-state index in [9.17, 15) is 4.79 Å². The van der Waals surface area contributed by atoms with E-state index in [1.807, 2.05) is 42.5 Å². The zero-order chi connectivity index (χ0) is 14.2. The minimum absolute atomic E-state index is 0.357. The molecule has 0 radical (unpaired) electrons. The van der Waals surface area contributed by atoms with E-state index in [2.05, 4.69) is 10.3 Å². The minimum atomic E-state index is -0.513. The lowest BCUT2D eigenvalue weighted by molar-refractivity contribution is 0.0379. The van der Waals surface area contributed by atoms with Gasteiger partial charge in [-0.25, -0.2) is 9.48 Å². The van der Waals surface area contributed by atoms with Crippen LogP contribution in [0.15, 0.2) is 60.8 Å². The molecule has 4 rings (SSSR count). The van der Waals surface area contributed by atoms with E-state index in [0.29, 0.717) is 11.3 Å². The fourth-order valence-electron chi connectivity index (χ4n) is 2.54. The molecule has 0 saturated heterocycles. The number of para-hydroxylation sites is 1. The molecule has 21 heavy (non-hydrogen) atoms. The van der Waals surface area contributed by atoms with Crippen molar-refractivity contribution in [3.63, 3.8) is 0 Å². The molecule has 1 atom stereocenters. The van der Waals surface area contributed by atoms with E-state index >= 15 is 0 Å². The van der Waals surface area contributed by atoms with Gasteiger partial charge in [-0.1, -0.05) is 47.7 Å². The van der Waals surface area contributed by atoms with E-state index in [1.54, 1.807) is 23.0 Å². The maximum Gasteiger partial charge on any atom is 0.341 e. The Bertz CT molecular complexity index is 811. The van der Waals surface area contributed by atoms with Crippen LogP contribution in [0.25, 0.3) is 5.69 Å². The molecule has 0 aliphatic carbocycles. The molecule has 102 valence electrons. The molecule has 0 saturated carbocycles. The Morgan fingerprint density at radius 2 is 1.76 bits per heavy atom. The van der Waals surface area contributed by atoms with Crippen LogP contribution in [0.5, 0.6) is 0 Å². The number of nitrogens with zero attached hydrogens (tertiary/aromatic N) is 3. The van der Waals surface area contributed by atoms with Crippen LogP contribution in [-0.2, 0) is 4.74 Å². The standard InChI is InChI=1S/C16H11N3O2/c20-16-12-8-4-5-9-13(12)19-14(10-17-18-19)15(21-16)11-6-2-1-3-7-11/h1-10,15H. The summed E-state index contributed by atoms with van der Waals surface area (Å²) >= 11 is 0. The van der Waals surface area contributed by atoms with Gasteiger partial charge in [-0.3, -0.25) is 0 Å². The Morgan fingerprint density at radius 1 is 1.00 bits per heavy atom. The van der Waals surface area contributed by atoms with Crippen molar-refractivity contribution in [2.24, 2.45) is 0 Å². The van der Waals surface area contributed by atoms with Gasteiger partial charge >= 0.3 is 5.97 Å². The summed E-state index contributed by atoms with van der Waals surface area (Å²) in [5.74, 6) is -0.357. The number of hydrogen-bond donors (Lipinski definition) is 0. The van der Waals surface area contributed by atoms with Crippen molar-refractivity contribution < 1.29 is 9.53 Å². The van der Waals surface area contributed by atoms with Crippen molar-refractivity contribution in [3.8, 4) is 5.69 Å². The fourth-order valence-corrected chi connectivity index (χ4v) is 2.54. The summed E-state index contributed by atoms with van der Waals surface area (Å²) in [6.45, 7) is 0. The van der Waals surface area contributed by atoms with Crippen LogP contribution in [0, 0.1) is 0 Å². The first-order valence-electron chi connectivity index (χ1n) is 6.60.